The molecule has 2 aromatic carbocycles. The quantitative estimate of drug-likeness (QED) is 0.845. The van der Waals surface area contributed by atoms with Gasteiger partial charge >= 0.3 is 0 Å². The molecule has 2 rings (SSSR count). The van der Waals surface area contributed by atoms with E-state index in [0.29, 0.717) is 6.61 Å². The number of hydrogen-bond donors (Lipinski definition) is 2. The van der Waals surface area contributed by atoms with Crippen LogP contribution in [0.25, 0.3) is 0 Å². The fraction of sp³-hybridized carbons (Fsp3) is 0.200. The summed E-state index contributed by atoms with van der Waals surface area (Å²) in [4.78, 5) is 0. The first kappa shape index (κ1) is 12.3. The molecule has 0 heterocycles. The fourth-order valence-corrected chi connectivity index (χ4v) is 1.68. The molecule has 0 spiro atoms. The number of rotatable bonds is 5. The first-order chi connectivity index (χ1) is 8.78. The summed E-state index contributed by atoms with van der Waals surface area (Å²) in [5, 5.41) is 12.5. The molecule has 0 saturated heterocycles. The normalized spacial score (nSPS) is 10.1. The highest BCUT2D eigenvalue weighted by Crippen LogP contribution is 2.18. The summed E-state index contributed by atoms with van der Waals surface area (Å²) in [6.07, 6.45) is 0. The maximum absolute atomic E-state index is 9.20. The van der Waals surface area contributed by atoms with Crippen LogP contribution >= 0.6 is 0 Å². The van der Waals surface area contributed by atoms with Gasteiger partial charge in [-0.2, -0.15) is 0 Å². The number of aromatic hydroxyl groups is 1. The van der Waals surface area contributed by atoms with E-state index in [1.807, 2.05) is 43.3 Å². The Labute approximate surface area is 107 Å². The molecule has 3 nitrogen and oxygen atoms in total. The molecule has 0 atom stereocenters. The topological polar surface area (TPSA) is 41.5 Å². The van der Waals surface area contributed by atoms with E-state index in [1.54, 1.807) is 12.1 Å². The number of anilines is 1. The van der Waals surface area contributed by atoms with Crippen molar-refractivity contribution in [2.75, 3.05) is 11.9 Å². The lowest BCUT2D eigenvalue weighted by Crippen LogP contribution is -1.99. The van der Waals surface area contributed by atoms with Gasteiger partial charge in [-0.1, -0.05) is 18.2 Å². The molecule has 0 saturated carbocycles. The third kappa shape index (κ3) is 3.42. The van der Waals surface area contributed by atoms with E-state index in [9.17, 15) is 5.11 Å². The molecular weight excluding hydrogens is 226 g/mol. The molecule has 0 bridgehead atoms. The van der Waals surface area contributed by atoms with Crippen molar-refractivity contribution in [1.82, 2.24) is 0 Å². The average Bonchev–Trinajstić information content (AvgIpc) is 2.39. The Morgan fingerprint density at radius 2 is 1.89 bits per heavy atom. The predicted octanol–water partition coefficient (Wildman–Crippen LogP) is 3.40. The predicted molar refractivity (Wildman–Crippen MR) is 73.0 cm³/mol. The third-order valence-corrected chi connectivity index (χ3v) is 2.58. The van der Waals surface area contributed by atoms with Crippen molar-refractivity contribution >= 4 is 5.69 Å². The molecule has 0 aromatic heterocycles. The summed E-state index contributed by atoms with van der Waals surface area (Å²) in [5.41, 5.74) is 2.14. The monoisotopic (exact) mass is 243 g/mol. The number of ether oxygens (including phenoxy) is 1. The van der Waals surface area contributed by atoms with Gasteiger partial charge in [0.25, 0.3) is 0 Å². The number of hydrogen-bond acceptors (Lipinski definition) is 3. The van der Waals surface area contributed by atoms with Gasteiger partial charge in [0.1, 0.15) is 11.5 Å². The van der Waals surface area contributed by atoms with E-state index in [2.05, 4.69) is 5.32 Å². The molecule has 0 aliphatic carbocycles. The molecule has 0 fully saturated rings. The standard InChI is InChI=1S/C15H17NO2/c1-2-18-15-5-3-4-13(10-15)16-11-12-6-8-14(17)9-7-12/h3-10,16-17H,2,11H2,1H3. The van der Waals surface area contributed by atoms with Gasteiger partial charge in [0.05, 0.1) is 6.61 Å². The zero-order chi connectivity index (χ0) is 12.8. The Hall–Kier alpha value is -2.16. The van der Waals surface area contributed by atoms with E-state index >= 15 is 0 Å². The highest BCUT2D eigenvalue weighted by Gasteiger charge is 1.97. The van der Waals surface area contributed by atoms with Crippen LogP contribution in [0.3, 0.4) is 0 Å². The minimum absolute atomic E-state index is 0.289. The van der Waals surface area contributed by atoms with E-state index in [4.69, 9.17) is 4.74 Å². The van der Waals surface area contributed by atoms with Gasteiger partial charge in [-0.25, -0.2) is 0 Å². The second-order valence-corrected chi connectivity index (χ2v) is 3.98. The van der Waals surface area contributed by atoms with Crippen LogP contribution in [0.4, 0.5) is 5.69 Å². The van der Waals surface area contributed by atoms with Crippen LogP contribution < -0.4 is 10.1 Å². The Kier molecular flexibility index (Phi) is 4.07. The van der Waals surface area contributed by atoms with Crippen LogP contribution in [0.1, 0.15) is 12.5 Å². The first-order valence-corrected chi connectivity index (χ1v) is 6.02. The van der Waals surface area contributed by atoms with Crippen LogP contribution in [-0.2, 0) is 6.54 Å². The summed E-state index contributed by atoms with van der Waals surface area (Å²) < 4.78 is 5.44. The van der Waals surface area contributed by atoms with Crippen molar-refractivity contribution in [3.05, 3.63) is 54.1 Å². The van der Waals surface area contributed by atoms with E-state index in [-0.39, 0.29) is 5.75 Å². The Bertz CT molecular complexity index is 494. The van der Waals surface area contributed by atoms with Crippen LogP contribution in [0.2, 0.25) is 0 Å². The van der Waals surface area contributed by atoms with Crippen molar-refractivity contribution in [1.29, 1.82) is 0 Å². The van der Waals surface area contributed by atoms with Crippen LogP contribution in [0.15, 0.2) is 48.5 Å². The van der Waals surface area contributed by atoms with Gasteiger partial charge in [0.15, 0.2) is 0 Å². The van der Waals surface area contributed by atoms with Crippen molar-refractivity contribution in [3.63, 3.8) is 0 Å². The summed E-state index contributed by atoms with van der Waals surface area (Å²) in [5.74, 6) is 1.16. The Balaban J connectivity index is 1.97. The van der Waals surface area contributed by atoms with Gasteiger partial charge in [-0.15, -0.1) is 0 Å². The third-order valence-electron chi connectivity index (χ3n) is 2.58. The van der Waals surface area contributed by atoms with Crippen molar-refractivity contribution < 1.29 is 9.84 Å². The van der Waals surface area contributed by atoms with Crippen molar-refractivity contribution in [2.24, 2.45) is 0 Å². The van der Waals surface area contributed by atoms with Crippen LogP contribution in [0, 0.1) is 0 Å². The highest BCUT2D eigenvalue weighted by molar-refractivity contribution is 5.48. The molecule has 3 heteroatoms. The number of phenols is 1. The molecule has 2 N–H and O–H groups in total. The molecule has 2 aromatic rings. The number of phenolic OH excluding ortho intramolecular Hbond substituents is 1. The van der Waals surface area contributed by atoms with E-state index in [1.165, 1.54) is 0 Å². The molecule has 0 aliphatic heterocycles. The van der Waals surface area contributed by atoms with Crippen LogP contribution in [-0.4, -0.2) is 11.7 Å². The van der Waals surface area contributed by atoms with E-state index in [0.717, 1.165) is 23.5 Å². The molecular formula is C15H17NO2. The van der Waals surface area contributed by atoms with E-state index < -0.39 is 0 Å². The second-order valence-electron chi connectivity index (χ2n) is 3.98. The molecule has 0 unspecified atom stereocenters. The van der Waals surface area contributed by atoms with Crippen molar-refractivity contribution in [3.8, 4) is 11.5 Å². The molecule has 0 amide bonds. The van der Waals surface area contributed by atoms with Gasteiger partial charge < -0.3 is 15.2 Å². The summed E-state index contributed by atoms with van der Waals surface area (Å²) in [7, 11) is 0. The second kappa shape index (κ2) is 5.96. The fourth-order valence-electron chi connectivity index (χ4n) is 1.68. The maximum atomic E-state index is 9.20. The first-order valence-electron chi connectivity index (χ1n) is 6.02. The van der Waals surface area contributed by atoms with Gasteiger partial charge in [-0.05, 0) is 36.8 Å². The van der Waals surface area contributed by atoms with Crippen molar-refractivity contribution in [2.45, 2.75) is 13.5 Å². The lowest BCUT2D eigenvalue weighted by molar-refractivity contribution is 0.340. The lowest BCUT2D eigenvalue weighted by Gasteiger charge is -2.09. The number of benzene rings is 2. The zero-order valence-corrected chi connectivity index (χ0v) is 10.4. The zero-order valence-electron chi connectivity index (χ0n) is 10.4. The van der Waals surface area contributed by atoms with Gasteiger partial charge in [-0.3, -0.25) is 0 Å². The largest absolute Gasteiger partial charge is 0.508 e. The molecule has 0 aliphatic rings. The average molecular weight is 243 g/mol. The highest BCUT2D eigenvalue weighted by atomic mass is 16.5. The minimum atomic E-state index is 0.289. The SMILES string of the molecule is CCOc1cccc(NCc2ccc(O)cc2)c1. The summed E-state index contributed by atoms with van der Waals surface area (Å²) in [6.45, 7) is 3.35. The number of nitrogens with one attached hydrogen (secondary N) is 1. The Morgan fingerprint density at radius 1 is 1.11 bits per heavy atom. The maximum Gasteiger partial charge on any atom is 0.121 e. The summed E-state index contributed by atoms with van der Waals surface area (Å²) >= 11 is 0. The summed E-state index contributed by atoms with van der Waals surface area (Å²) in [6, 6.07) is 15.1. The molecule has 18 heavy (non-hydrogen) atoms. The lowest BCUT2D eigenvalue weighted by atomic mass is 10.2. The Morgan fingerprint density at radius 3 is 2.61 bits per heavy atom. The van der Waals surface area contributed by atoms with Gasteiger partial charge in [0.2, 0.25) is 0 Å². The minimum Gasteiger partial charge on any atom is -0.508 e. The molecule has 0 radical (unpaired) electrons. The smallest absolute Gasteiger partial charge is 0.121 e. The van der Waals surface area contributed by atoms with Gasteiger partial charge in [0, 0.05) is 18.3 Å². The molecule has 94 valence electrons. The van der Waals surface area contributed by atoms with Crippen LogP contribution in [0.5, 0.6) is 11.5 Å².